The van der Waals surface area contributed by atoms with Crippen molar-refractivity contribution >= 4 is 17.3 Å². The van der Waals surface area contributed by atoms with Gasteiger partial charge in [-0.1, -0.05) is 18.2 Å². The lowest BCUT2D eigenvalue weighted by atomic mass is 9.85. The summed E-state index contributed by atoms with van der Waals surface area (Å²) < 4.78 is 23.1. The zero-order chi connectivity index (χ0) is 25.7. The SMILES string of the molecule is COc1c2c(cc3c1C(C1OC(=O)c4cc(NCc5cccc([N+](=O)[O-])c5)ccc41)N(C)CC3)OCO2. The molecule has 2 atom stereocenters. The van der Waals surface area contributed by atoms with Crippen LogP contribution in [0, 0.1) is 10.1 Å². The van der Waals surface area contributed by atoms with Crippen molar-refractivity contribution in [2.75, 3.05) is 32.8 Å². The third kappa shape index (κ3) is 3.89. The minimum Gasteiger partial charge on any atom is -0.492 e. The van der Waals surface area contributed by atoms with E-state index in [-0.39, 0.29) is 24.5 Å². The molecule has 3 aliphatic heterocycles. The highest BCUT2D eigenvalue weighted by molar-refractivity contribution is 5.95. The van der Waals surface area contributed by atoms with Crippen LogP contribution in [0.25, 0.3) is 0 Å². The molecule has 3 aromatic rings. The monoisotopic (exact) mass is 503 g/mol. The topological polar surface area (TPSA) is 112 Å². The van der Waals surface area contributed by atoms with Crippen molar-refractivity contribution in [1.82, 2.24) is 4.90 Å². The fourth-order valence-electron chi connectivity index (χ4n) is 5.40. The third-order valence-electron chi connectivity index (χ3n) is 7.17. The van der Waals surface area contributed by atoms with Gasteiger partial charge in [0.2, 0.25) is 12.5 Å². The summed E-state index contributed by atoms with van der Waals surface area (Å²) in [6, 6.07) is 13.8. The predicted octanol–water partition coefficient (Wildman–Crippen LogP) is 4.38. The van der Waals surface area contributed by atoms with Crippen molar-refractivity contribution in [2.45, 2.75) is 25.1 Å². The Morgan fingerprint density at radius 3 is 2.86 bits per heavy atom. The zero-order valence-electron chi connectivity index (χ0n) is 20.4. The van der Waals surface area contributed by atoms with Crippen molar-refractivity contribution in [3.63, 3.8) is 0 Å². The van der Waals surface area contributed by atoms with Gasteiger partial charge >= 0.3 is 5.97 Å². The second-order valence-electron chi connectivity index (χ2n) is 9.30. The number of nitro groups is 1. The number of nitro benzene ring substituents is 1. The fraction of sp³-hybridized carbons (Fsp3) is 0.296. The molecule has 6 rings (SSSR count). The van der Waals surface area contributed by atoms with Gasteiger partial charge in [0.1, 0.15) is 6.10 Å². The van der Waals surface area contributed by atoms with E-state index in [1.165, 1.54) is 12.1 Å². The first-order valence-electron chi connectivity index (χ1n) is 12.0. The van der Waals surface area contributed by atoms with E-state index in [0.717, 1.165) is 40.9 Å². The number of benzene rings is 3. The van der Waals surface area contributed by atoms with Crippen molar-refractivity contribution in [3.05, 3.63) is 86.5 Å². The Balaban J connectivity index is 1.31. The Morgan fingerprint density at radius 1 is 1.19 bits per heavy atom. The van der Waals surface area contributed by atoms with Crippen LogP contribution in [-0.2, 0) is 17.7 Å². The fourth-order valence-corrected chi connectivity index (χ4v) is 5.40. The first kappa shape index (κ1) is 23.1. The molecule has 0 fully saturated rings. The van der Waals surface area contributed by atoms with E-state index in [0.29, 0.717) is 29.4 Å². The van der Waals surface area contributed by atoms with Crippen LogP contribution in [0.4, 0.5) is 11.4 Å². The zero-order valence-corrected chi connectivity index (χ0v) is 20.4. The predicted molar refractivity (Wildman–Crippen MR) is 133 cm³/mol. The molecule has 190 valence electrons. The highest BCUT2D eigenvalue weighted by Crippen LogP contribution is 2.54. The number of carbonyl (C=O) groups is 1. The number of nitrogens with zero attached hydrogens (tertiary/aromatic N) is 2. The smallest absolute Gasteiger partial charge is 0.339 e. The second-order valence-corrected chi connectivity index (χ2v) is 9.30. The number of hydrogen-bond donors (Lipinski definition) is 1. The van der Waals surface area contributed by atoms with Gasteiger partial charge in [-0.25, -0.2) is 4.79 Å². The van der Waals surface area contributed by atoms with Gasteiger partial charge in [-0.3, -0.25) is 15.0 Å². The molecule has 3 heterocycles. The Labute approximate surface area is 212 Å². The van der Waals surface area contributed by atoms with Crippen molar-refractivity contribution in [3.8, 4) is 17.2 Å². The summed E-state index contributed by atoms with van der Waals surface area (Å²) in [6.45, 7) is 1.30. The van der Waals surface area contributed by atoms with Crippen LogP contribution in [0.5, 0.6) is 17.2 Å². The average Bonchev–Trinajstić information content (AvgIpc) is 3.50. The number of ether oxygens (including phenoxy) is 4. The molecule has 0 radical (unpaired) electrons. The molecule has 3 aliphatic rings. The third-order valence-corrected chi connectivity index (χ3v) is 7.17. The summed E-state index contributed by atoms with van der Waals surface area (Å²) in [6.07, 6.45) is 0.287. The molecule has 0 aromatic heterocycles. The lowest BCUT2D eigenvalue weighted by Crippen LogP contribution is -2.36. The highest BCUT2D eigenvalue weighted by Gasteiger charge is 2.44. The number of methoxy groups -OCH3 is 1. The Morgan fingerprint density at radius 2 is 2.05 bits per heavy atom. The summed E-state index contributed by atoms with van der Waals surface area (Å²) in [5.74, 6) is 1.47. The van der Waals surface area contributed by atoms with Crippen LogP contribution in [-0.4, -0.2) is 43.3 Å². The largest absolute Gasteiger partial charge is 0.492 e. The molecular formula is C27H25N3O7. The molecule has 2 unspecified atom stereocenters. The van der Waals surface area contributed by atoms with E-state index in [4.69, 9.17) is 18.9 Å². The minimum absolute atomic E-state index is 0.0367. The summed E-state index contributed by atoms with van der Waals surface area (Å²) in [7, 11) is 3.62. The Hall–Kier alpha value is -4.31. The normalized spacial score (nSPS) is 19.7. The molecule has 0 aliphatic carbocycles. The van der Waals surface area contributed by atoms with Gasteiger partial charge in [-0.2, -0.15) is 0 Å². The summed E-state index contributed by atoms with van der Waals surface area (Å²) in [5.41, 5.74) is 4.85. The van der Waals surface area contributed by atoms with E-state index in [1.807, 2.05) is 31.3 Å². The number of carbonyl (C=O) groups excluding carboxylic acids is 1. The molecule has 0 saturated heterocycles. The van der Waals surface area contributed by atoms with E-state index in [1.54, 1.807) is 19.2 Å². The molecule has 0 amide bonds. The summed E-state index contributed by atoms with van der Waals surface area (Å²) in [5, 5.41) is 14.3. The number of rotatable bonds is 6. The van der Waals surface area contributed by atoms with Gasteiger partial charge in [-0.05, 0) is 42.8 Å². The van der Waals surface area contributed by atoms with Gasteiger partial charge in [0, 0.05) is 42.0 Å². The maximum Gasteiger partial charge on any atom is 0.339 e. The minimum atomic E-state index is -0.522. The molecule has 1 N–H and O–H groups in total. The molecule has 3 aromatic carbocycles. The first-order chi connectivity index (χ1) is 17.9. The Bertz CT molecular complexity index is 1420. The van der Waals surface area contributed by atoms with E-state index >= 15 is 0 Å². The van der Waals surface area contributed by atoms with Gasteiger partial charge in [-0.15, -0.1) is 0 Å². The highest BCUT2D eigenvalue weighted by atomic mass is 16.7. The van der Waals surface area contributed by atoms with Crippen LogP contribution >= 0.6 is 0 Å². The van der Waals surface area contributed by atoms with Crippen molar-refractivity contribution in [2.24, 2.45) is 0 Å². The molecule has 0 bridgehead atoms. The number of esters is 1. The maximum absolute atomic E-state index is 13.0. The lowest BCUT2D eigenvalue weighted by Gasteiger charge is -2.38. The standard InChI is InChI=1S/C27H25N3O7/c1-29-9-8-16-11-21-25(36-14-35-21)26(34-2)22(16)23(29)24-19-7-6-17(12-20(19)27(31)37-24)28-13-15-4-3-5-18(10-15)30(32)33/h3-7,10-12,23-24,28H,8-9,13-14H2,1-2H3. The van der Waals surface area contributed by atoms with Crippen LogP contribution in [0.3, 0.4) is 0 Å². The van der Waals surface area contributed by atoms with Crippen LogP contribution in [0.1, 0.15) is 44.8 Å². The van der Waals surface area contributed by atoms with Crippen molar-refractivity contribution in [1.29, 1.82) is 0 Å². The lowest BCUT2D eigenvalue weighted by molar-refractivity contribution is -0.384. The van der Waals surface area contributed by atoms with E-state index < -0.39 is 11.0 Å². The quantitative estimate of drug-likeness (QED) is 0.297. The molecular weight excluding hydrogens is 478 g/mol. The Kier molecular flexibility index (Phi) is 5.60. The number of likely N-dealkylation sites (N-methyl/N-ethyl adjacent to an activating group) is 1. The molecule has 10 nitrogen and oxygen atoms in total. The van der Waals surface area contributed by atoms with Gasteiger partial charge in [0.15, 0.2) is 11.5 Å². The summed E-state index contributed by atoms with van der Waals surface area (Å²) in [4.78, 5) is 25.8. The molecule has 37 heavy (non-hydrogen) atoms. The summed E-state index contributed by atoms with van der Waals surface area (Å²) >= 11 is 0. The van der Waals surface area contributed by atoms with Crippen LogP contribution in [0.15, 0.2) is 48.5 Å². The molecule has 0 saturated carbocycles. The molecule has 10 heteroatoms. The average molecular weight is 504 g/mol. The van der Waals surface area contributed by atoms with Crippen molar-refractivity contribution < 1.29 is 28.7 Å². The maximum atomic E-state index is 13.0. The van der Waals surface area contributed by atoms with Gasteiger partial charge in [0.05, 0.1) is 23.6 Å². The van der Waals surface area contributed by atoms with Gasteiger partial charge < -0.3 is 24.3 Å². The van der Waals surface area contributed by atoms with Crippen LogP contribution < -0.4 is 19.5 Å². The number of non-ortho nitro benzene ring substituents is 1. The number of fused-ring (bicyclic) bond motifs is 3. The molecule has 0 spiro atoms. The number of hydrogen-bond acceptors (Lipinski definition) is 9. The second kappa shape index (κ2) is 8.97. The number of cyclic esters (lactones) is 1. The van der Waals surface area contributed by atoms with Crippen LogP contribution in [0.2, 0.25) is 0 Å². The number of anilines is 1. The van der Waals surface area contributed by atoms with E-state index in [2.05, 4.69) is 10.2 Å². The van der Waals surface area contributed by atoms with E-state index in [9.17, 15) is 14.9 Å². The number of nitrogens with one attached hydrogen (secondary N) is 1. The first-order valence-corrected chi connectivity index (χ1v) is 12.0. The van der Waals surface area contributed by atoms with Gasteiger partial charge in [0.25, 0.3) is 5.69 Å².